The quantitative estimate of drug-likeness (QED) is 0.154. The third kappa shape index (κ3) is 21.4. The van der Waals surface area contributed by atoms with Gasteiger partial charge in [-0.3, -0.25) is 0 Å². The molecule has 0 fully saturated rings. The lowest BCUT2D eigenvalue weighted by molar-refractivity contribution is 0.394. The summed E-state index contributed by atoms with van der Waals surface area (Å²) >= 11 is 47.1. The van der Waals surface area contributed by atoms with E-state index in [1.165, 1.54) is 32.4 Å². The van der Waals surface area contributed by atoms with Crippen LogP contribution in [0.5, 0.6) is 34.5 Å². The number of alkyl halides is 2. The summed E-state index contributed by atoms with van der Waals surface area (Å²) in [6.45, 7) is 0. The molecular formula is C24H27BBr3Cl7O6. The van der Waals surface area contributed by atoms with Gasteiger partial charge in [0.15, 0.2) is 0 Å². The molecule has 17 heteroatoms. The highest BCUT2D eigenvalue weighted by molar-refractivity contribution is 9.69. The third-order valence-corrected chi connectivity index (χ3v) is 5.49. The number of hydrogen-bond donors (Lipinski definition) is 2. The summed E-state index contributed by atoms with van der Waals surface area (Å²) in [6, 6.07) is 11.1. The minimum atomic E-state index is -0.150. The molecule has 6 nitrogen and oxygen atoms in total. The van der Waals surface area contributed by atoms with Gasteiger partial charge in [-0.05, 0) is 24.3 Å². The molecule has 0 aliphatic rings. The second-order valence-electron chi connectivity index (χ2n) is 6.27. The number of hydrogen-bond acceptors (Lipinski definition) is 6. The van der Waals surface area contributed by atoms with Crippen LogP contribution in [0, 0.1) is 0 Å². The van der Waals surface area contributed by atoms with Gasteiger partial charge < -0.3 is 29.2 Å². The summed E-state index contributed by atoms with van der Waals surface area (Å²) in [5, 5.41) is 19.7. The molecule has 0 heterocycles. The lowest BCUT2D eigenvalue weighted by Crippen LogP contribution is -1.86. The first-order valence-corrected chi connectivity index (χ1v) is 15.8. The Morgan fingerprint density at radius 1 is 0.610 bits per heavy atom. The fraction of sp³-hybridized carbons (Fsp3) is 0.250. The molecule has 0 spiro atoms. The molecule has 0 aromatic heterocycles. The lowest BCUT2D eigenvalue weighted by Gasteiger charge is -2.06. The first-order chi connectivity index (χ1) is 18.7. The van der Waals surface area contributed by atoms with Crippen molar-refractivity contribution in [3.05, 3.63) is 67.6 Å². The first kappa shape index (κ1) is 45.4. The van der Waals surface area contributed by atoms with Gasteiger partial charge >= 0.3 is 3.18 Å². The number of benzene rings is 3. The van der Waals surface area contributed by atoms with Crippen LogP contribution in [0.4, 0.5) is 0 Å². The predicted octanol–water partition coefficient (Wildman–Crippen LogP) is 12.0. The number of methoxy groups -OCH3 is 4. The summed E-state index contributed by atoms with van der Waals surface area (Å²) in [5.74, 6) is 2.23. The van der Waals surface area contributed by atoms with Crippen molar-refractivity contribution < 1.29 is 29.2 Å². The Bertz CT molecular complexity index is 1110. The van der Waals surface area contributed by atoms with E-state index in [9.17, 15) is 5.11 Å². The van der Waals surface area contributed by atoms with Crippen molar-refractivity contribution in [3.63, 3.8) is 0 Å². The van der Waals surface area contributed by atoms with Crippen molar-refractivity contribution in [2.75, 3.05) is 33.8 Å². The number of phenolic OH excluding ortho intramolecular Hbond substituents is 2. The van der Waals surface area contributed by atoms with Gasteiger partial charge in [0.25, 0.3) is 0 Å². The maximum atomic E-state index is 9.18. The Labute approximate surface area is 301 Å². The van der Waals surface area contributed by atoms with E-state index in [2.05, 4.69) is 47.3 Å². The molecule has 0 saturated heterocycles. The van der Waals surface area contributed by atoms with Crippen molar-refractivity contribution in [1.82, 2.24) is 0 Å². The highest BCUT2D eigenvalue weighted by atomic mass is 79.9. The molecule has 2 N–H and O–H groups in total. The summed E-state index contributed by atoms with van der Waals surface area (Å²) in [6.07, 6.45) is 0. The van der Waals surface area contributed by atoms with Crippen LogP contribution in [-0.2, 0) is 0 Å². The minimum Gasteiger partial charge on any atom is -0.508 e. The van der Waals surface area contributed by atoms with Crippen LogP contribution >= 0.6 is 128 Å². The fourth-order valence-corrected chi connectivity index (χ4v) is 3.20. The largest absolute Gasteiger partial charge is 0.508 e. The highest BCUT2D eigenvalue weighted by Gasteiger charge is 2.13. The highest BCUT2D eigenvalue weighted by Crippen LogP contribution is 2.42. The summed E-state index contributed by atoms with van der Waals surface area (Å²) in [7, 11) is 6.12. The average molecular weight is 910 g/mol. The van der Waals surface area contributed by atoms with E-state index in [0.717, 1.165) is 0 Å². The smallest absolute Gasteiger partial charge is 0.369 e. The maximum Gasteiger partial charge on any atom is 0.369 e. The average Bonchev–Trinajstić information content (AvgIpc) is 2.89. The molecule has 41 heavy (non-hydrogen) atoms. The molecule has 3 aromatic carbocycles. The van der Waals surface area contributed by atoms with Crippen LogP contribution < -0.4 is 18.9 Å². The molecule has 0 bridgehead atoms. The zero-order valence-electron chi connectivity index (χ0n) is 21.1. The molecule has 0 atom stereocenters. The van der Waals surface area contributed by atoms with Gasteiger partial charge in [0.05, 0.1) is 38.8 Å². The molecular weight excluding hydrogens is 883 g/mol. The van der Waals surface area contributed by atoms with Gasteiger partial charge in [0.2, 0.25) is 0 Å². The lowest BCUT2D eigenvalue weighted by atomic mass is 10.3. The second kappa shape index (κ2) is 26.4. The molecule has 0 aliphatic carbocycles. The Balaban J connectivity index is -0.000000470. The Morgan fingerprint density at radius 3 is 1.32 bits per heavy atom. The van der Waals surface area contributed by atoms with Gasteiger partial charge in [-0.1, -0.05) is 65.4 Å². The molecule has 0 unspecified atom stereocenters. The van der Waals surface area contributed by atoms with E-state index in [-0.39, 0.29) is 42.5 Å². The van der Waals surface area contributed by atoms with Crippen LogP contribution in [0.15, 0.2) is 42.5 Å². The van der Waals surface area contributed by atoms with Crippen molar-refractivity contribution >= 4 is 132 Å². The first-order valence-electron chi connectivity index (χ1n) is 10.1. The van der Waals surface area contributed by atoms with Gasteiger partial charge in [0.1, 0.15) is 44.5 Å². The number of ether oxygens (including phenoxy) is 4. The molecule has 232 valence electrons. The molecule has 0 radical (unpaired) electrons. The SMILES string of the molecule is BrB(Br)Br.C.COc1cc(Cl)cc(OC)c1.COc1cc(O)c(Cl)c(Cl)c1Cl.COc1cc(O)cc(Cl)c1.ClCCl. The Morgan fingerprint density at radius 2 is 0.976 bits per heavy atom. The number of phenols is 2. The maximum absolute atomic E-state index is 9.18. The van der Waals surface area contributed by atoms with E-state index in [4.69, 9.17) is 105 Å². The van der Waals surface area contributed by atoms with E-state index in [1.54, 1.807) is 38.5 Å². The van der Waals surface area contributed by atoms with Crippen LogP contribution in [0.2, 0.25) is 25.1 Å². The number of rotatable bonds is 4. The Kier molecular flexibility index (Phi) is 29.3. The Hall–Kier alpha value is -0.00506. The molecule has 0 amide bonds. The normalized spacial score (nSPS) is 8.83. The summed E-state index contributed by atoms with van der Waals surface area (Å²) in [5.41, 5.74) is 0. The number of aromatic hydroxyl groups is 2. The zero-order chi connectivity index (χ0) is 31.4. The van der Waals surface area contributed by atoms with Crippen molar-refractivity contribution in [1.29, 1.82) is 0 Å². The van der Waals surface area contributed by atoms with Crippen LogP contribution in [-0.4, -0.2) is 47.2 Å². The zero-order valence-corrected chi connectivity index (χ0v) is 31.2. The predicted molar refractivity (Wildman–Crippen MR) is 190 cm³/mol. The molecule has 3 aromatic rings. The van der Waals surface area contributed by atoms with Crippen molar-refractivity contribution in [3.8, 4) is 34.5 Å². The minimum absolute atomic E-state index is 0. The number of halogens is 10. The van der Waals surface area contributed by atoms with E-state index < -0.39 is 0 Å². The van der Waals surface area contributed by atoms with E-state index in [0.29, 0.717) is 33.0 Å². The molecule has 0 saturated carbocycles. The van der Waals surface area contributed by atoms with Gasteiger partial charge in [-0.2, -0.15) is 0 Å². The van der Waals surface area contributed by atoms with Crippen molar-refractivity contribution in [2.45, 2.75) is 7.43 Å². The molecule has 3 rings (SSSR count). The van der Waals surface area contributed by atoms with Crippen LogP contribution in [0.1, 0.15) is 7.43 Å². The van der Waals surface area contributed by atoms with E-state index in [1.807, 2.05) is 0 Å². The van der Waals surface area contributed by atoms with Gasteiger partial charge in [-0.25, -0.2) is 0 Å². The summed E-state index contributed by atoms with van der Waals surface area (Å²) < 4.78 is 19.9. The van der Waals surface area contributed by atoms with Gasteiger partial charge in [0, 0.05) is 28.2 Å². The standard InChI is InChI=1S/C8H9ClO2.C7H5Cl3O2.C7H7ClO2.CH2Cl2.CH4.BBr3/c1-10-7-3-6(9)4-8(5-7)11-2;1-12-4-2-3(11)5(8)7(10)6(4)9;1-10-7-3-5(8)2-6(9)4-7;2-1-3;;2-1(3)4/h3-5H,1-2H3;2,11H,1H3;2-4,9H,1H3;1H2;1H4;. The monoisotopic (exact) mass is 904 g/mol. The third-order valence-electron chi connectivity index (χ3n) is 3.72. The second-order valence-corrected chi connectivity index (χ2v) is 15.5. The topological polar surface area (TPSA) is 77.4 Å². The summed E-state index contributed by atoms with van der Waals surface area (Å²) in [4.78, 5) is 0. The van der Waals surface area contributed by atoms with Gasteiger partial charge in [-0.15, -0.1) is 70.5 Å². The van der Waals surface area contributed by atoms with Crippen LogP contribution in [0.25, 0.3) is 0 Å². The molecule has 0 aliphatic heterocycles. The van der Waals surface area contributed by atoms with E-state index >= 15 is 0 Å². The van der Waals surface area contributed by atoms with Crippen LogP contribution in [0.3, 0.4) is 0 Å². The fourth-order valence-electron chi connectivity index (χ4n) is 2.15. The van der Waals surface area contributed by atoms with Crippen molar-refractivity contribution in [2.24, 2.45) is 0 Å².